The predicted octanol–water partition coefficient (Wildman–Crippen LogP) is 5.80. The first-order valence-electron chi connectivity index (χ1n) is 10.3. The Balaban J connectivity index is 1.62. The number of nitrogens with one attached hydrogen (secondary N) is 1. The molecule has 0 saturated carbocycles. The number of rotatable bonds is 3. The van der Waals surface area contributed by atoms with Crippen LogP contribution >= 0.6 is 11.6 Å². The van der Waals surface area contributed by atoms with Crippen molar-refractivity contribution in [1.82, 2.24) is 9.97 Å². The van der Waals surface area contributed by atoms with Crippen molar-refractivity contribution in [1.29, 1.82) is 0 Å². The molecule has 1 saturated heterocycles. The number of aromatic nitrogens is 2. The van der Waals surface area contributed by atoms with Crippen molar-refractivity contribution >= 4 is 51.1 Å². The third-order valence-corrected chi connectivity index (χ3v) is 5.80. The van der Waals surface area contributed by atoms with Gasteiger partial charge in [0.05, 0.1) is 10.7 Å². The molecule has 1 fully saturated rings. The Labute approximate surface area is 183 Å². The topological polar surface area (TPSA) is 71.3 Å². The van der Waals surface area contributed by atoms with Gasteiger partial charge in [-0.2, -0.15) is 0 Å². The lowest BCUT2D eigenvalue weighted by molar-refractivity contribution is 0.101. The summed E-state index contributed by atoms with van der Waals surface area (Å²) in [5.41, 5.74) is 2.17. The minimum Gasteiger partial charge on any atom is -0.450 e. The van der Waals surface area contributed by atoms with Crippen LogP contribution in [0.5, 0.6) is 0 Å². The summed E-state index contributed by atoms with van der Waals surface area (Å²) >= 11 is 6.07. The van der Waals surface area contributed by atoms with Crippen LogP contribution in [-0.2, 0) is 0 Å². The molecule has 0 bridgehead atoms. The maximum Gasteiger partial charge on any atom is 0.293 e. The maximum absolute atomic E-state index is 13.3. The molecule has 0 aliphatic carbocycles. The van der Waals surface area contributed by atoms with E-state index in [1.54, 1.807) is 0 Å². The van der Waals surface area contributed by atoms with Crippen molar-refractivity contribution in [2.24, 2.45) is 0 Å². The number of carbonyl (C=O) groups is 1. The van der Waals surface area contributed by atoms with E-state index in [2.05, 4.69) is 20.2 Å². The smallest absolute Gasteiger partial charge is 0.293 e. The highest BCUT2D eigenvalue weighted by atomic mass is 35.5. The first kappa shape index (κ1) is 19.8. The summed E-state index contributed by atoms with van der Waals surface area (Å²) in [6.07, 6.45) is 4.44. The Morgan fingerprint density at radius 2 is 1.84 bits per heavy atom. The van der Waals surface area contributed by atoms with Crippen LogP contribution in [0.25, 0.3) is 22.1 Å². The SMILES string of the molecule is O=C(Nc1ccc(F)cc1Cl)c1nc(N2CCCCCC2)c2oc3ccccc3c2n1. The van der Waals surface area contributed by atoms with Gasteiger partial charge in [0.25, 0.3) is 5.91 Å². The van der Waals surface area contributed by atoms with Crippen LogP contribution in [0.15, 0.2) is 46.9 Å². The molecular weight excluding hydrogens is 419 g/mol. The van der Waals surface area contributed by atoms with Crippen LogP contribution in [0, 0.1) is 5.82 Å². The second kappa shape index (κ2) is 8.15. The average Bonchev–Trinajstić information content (AvgIpc) is 2.93. The number of furan rings is 1. The van der Waals surface area contributed by atoms with Crippen LogP contribution in [0.2, 0.25) is 5.02 Å². The zero-order chi connectivity index (χ0) is 21.4. The van der Waals surface area contributed by atoms with E-state index >= 15 is 0 Å². The predicted molar refractivity (Wildman–Crippen MR) is 119 cm³/mol. The molecule has 1 aliphatic heterocycles. The van der Waals surface area contributed by atoms with E-state index in [1.165, 1.54) is 25.0 Å². The zero-order valence-corrected chi connectivity index (χ0v) is 17.5. The molecular formula is C23H20ClFN4O2. The largest absolute Gasteiger partial charge is 0.450 e. The van der Waals surface area contributed by atoms with E-state index in [-0.39, 0.29) is 10.8 Å². The number of hydrogen-bond acceptors (Lipinski definition) is 5. The van der Waals surface area contributed by atoms with Crippen LogP contribution in [-0.4, -0.2) is 29.0 Å². The molecule has 0 unspecified atom stereocenters. The molecule has 1 aliphatic rings. The molecule has 4 aromatic rings. The molecule has 158 valence electrons. The van der Waals surface area contributed by atoms with Gasteiger partial charge in [0, 0.05) is 18.5 Å². The van der Waals surface area contributed by atoms with Gasteiger partial charge in [-0.1, -0.05) is 36.6 Å². The van der Waals surface area contributed by atoms with Crippen molar-refractivity contribution in [3.05, 3.63) is 59.1 Å². The van der Waals surface area contributed by atoms with Gasteiger partial charge in [0.1, 0.15) is 16.9 Å². The number of fused-ring (bicyclic) bond motifs is 3. The van der Waals surface area contributed by atoms with Crippen molar-refractivity contribution in [3.63, 3.8) is 0 Å². The maximum atomic E-state index is 13.3. The highest BCUT2D eigenvalue weighted by molar-refractivity contribution is 6.33. The van der Waals surface area contributed by atoms with Crippen molar-refractivity contribution < 1.29 is 13.6 Å². The highest BCUT2D eigenvalue weighted by Crippen LogP contribution is 2.34. The molecule has 0 radical (unpaired) electrons. The Kier molecular flexibility index (Phi) is 5.19. The van der Waals surface area contributed by atoms with Gasteiger partial charge in [-0.3, -0.25) is 4.79 Å². The molecule has 6 nitrogen and oxygen atoms in total. The third kappa shape index (κ3) is 3.81. The van der Waals surface area contributed by atoms with Crippen molar-refractivity contribution in [2.45, 2.75) is 25.7 Å². The fraction of sp³-hybridized carbons (Fsp3) is 0.261. The molecule has 31 heavy (non-hydrogen) atoms. The number of carbonyl (C=O) groups excluding carboxylic acids is 1. The van der Waals surface area contributed by atoms with Gasteiger partial charge in [-0.25, -0.2) is 14.4 Å². The van der Waals surface area contributed by atoms with Crippen LogP contribution in [0.4, 0.5) is 15.9 Å². The van der Waals surface area contributed by atoms with Crippen LogP contribution in [0.3, 0.4) is 0 Å². The van der Waals surface area contributed by atoms with E-state index in [9.17, 15) is 9.18 Å². The number of amides is 1. The van der Waals surface area contributed by atoms with Crippen molar-refractivity contribution in [3.8, 4) is 0 Å². The Hall–Kier alpha value is -3.19. The van der Waals surface area contributed by atoms with E-state index in [4.69, 9.17) is 16.0 Å². The summed E-state index contributed by atoms with van der Waals surface area (Å²) in [6, 6.07) is 11.4. The summed E-state index contributed by atoms with van der Waals surface area (Å²) < 4.78 is 19.5. The average molecular weight is 439 g/mol. The normalized spacial score (nSPS) is 14.7. The van der Waals surface area contributed by atoms with Gasteiger partial charge in [-0.15, -0.1) is 0 Å². The number of nitrogens with zero attached hydrogens (tertiary/aromatic N) is 3. The summed E-state index contributed by atoms with van der Waals surface area (Å²) in [5.74, 6) is -0.358. The summed E-state index contributed by atoms with van der Waals surface area (Å²) in [6.45, 7) is 1.68. The van der Waals surface area contributed by atoms with Gasteiger partial charge in [0.15, 0.2) is 11.4 Å². The molecule has 0 spiro atoms. The molecule has 1 amide bonds. The molecule has 1 N–H and O–H groups in total. The Morgan fingerprint density at radius 1 is 1.06 bits per heavy atom. The second-order valence-corrected chi connectivity index (χ2v) is 8.03. The number of benzene rings is 2. The fourth-order valence-corrected chi connectivity index (χ4v) is 4.16. The lowest BCUT2D eigenvalue weighted by atomic mass is 10.2. The van der Waals surface area contributed by atoms with E-state index in [0.717, 1.165) is 37.4 Å². The number of para-hydroxylation sites is 1. The molecule has 5 rings (SSSR count). The number of halogens is 2. The lowest BCUT2D eigenvalue weighted by Gasteiger charge is -2.21. The van der Waals surface area contributed by atoms with Crippen LogP contribution in [0.1, 0.15) is 36.3 Å². The van der Waals surface area contributed by atoms with Gasteiger partial charge >= 0.3 is 0 Å². The van der Waals surface area contributed by atoms with Gasteiger partial charge in [0.2, 0.25) is 5.82 Å². The Morgan fingerprint density at radius 3 is 2.61 bits per heavy atom. The minimum absolute atomic E-state index is 0.0127. The first-order chi connectivity index (χ1) is 15.1. The first-order valence-corrected chi connectivity index (χ1v) is 10.7. The van der Waals surface area contributed by atoms with Gasteiger partial charge in [-0.05, 0) is 43.2 Å². The minimum atomic E-state index is -0.517. The summed E-state index contributed by atoms with van der Waals surface area (Å²) in [5, 5.41) is 3.62. The Bertz CT molecular complexity index is 1280. The van der Waals surface area contributed by atoms with E-state index in [1.807, 2.05) is 24.3 Å². The lowest BCUT2D eigenvalue weighted by Crippen LogP contribution is -2.26. The quantitative estimate of drug-likeness (QED) is 0.437. The summed E-state index contributed by atoms with van der Waals surface area (Å²) in [4.78, 5) is 24.3. The second-order valence-electron chi connectivity index (χ2n) is 7.63. The molecule has 3 heterocycles. The highest BCUT2D eigenvalue weighted by Gasteiger charge is 2.23. The number of anilines is 2. The number of hydrogen-bond donors (Lipinski definition) is 1. The monoisotopic (exact) mass is 438 g/mol. The fourth-order valence-electron chi connectivity index (χ4n) is 3.94. The third-order valence-electron chi connectivity index (χ3n) is 5.49. The van der Waals surface area contributed by atoms with Gasteiger partial charge < -0.3 is 14.6 Å². The van der Waals surface area contributed by atoms with Crippen LogP contribution < -0.4 is 10.2 Å². The van der Waals surface area contributed by atoms with E-state index < -0.39 is 11.7 Å². The summed E-state index contributed by atoms with van der Waals surface area (Å²) in [7, 11) is 0. The zero-order valence-electron chi connectivity index (χ0n) is 16.7. The molecule has 8 heteroatoms. The van der Waals surface area contributed by atoms with Crippen molar-refractivity contribution in [2.75, 3.05) is 23.3 Å². The molecule has 2 aromatic heterocycles. The van der Waals surface area contributed by atoms with E-state index in [0.29, 0.717) is 28.2 Å². The molecule has 0 atom stereocenters. The molecule has 2 aromatic carbocycles. The standard InChI is InChI=1S/C23H20ClFN4O2/c24-16-13-14(25)9-10-17(16)26-23(30)21-27-19-15-7-3-4-8-18(15)31-20(19)22(28-21)29-11-5-1-2-6-12-29/h3-4,7-10,13H,1-2,5-6,11-12H2,(H,26,30).